The second-order valence-corrected chi connectivity index (χ2v) is 5.72. The van der Waals surface area contributed by atoms with Crippen LogP contribution >= 0.6 is 0 Å². The van der Waals surface area contributed by atoms with E-state index in [1.165, 1.54) is 4.35 Å². The van der Waals surface area contributed by atoms with Crippen LogP contribution in [0, 0.1) is 11.3 Å². The summed E-state index contributed by atoms with van der Waals surface area (Å²) in [6.45, 7) is 0. The molecule has 0 radical (unpaired) electrons. The molecule has 5 heteroatoms. The van der Waals surface area contributed by atoms with E-state index >= 15 is 0 Å². The monoisotopic (exact) mass is 325 g/mol. The Morgan fingerprint density at radius 1 is 1.10 bits per heavy atom. The molecule has 0 fully saturated rings. The molecule has 0 bridgehead atoms. The third-order valence-corrected chi connectivity index (χ3v) is 3.95. The first-order valence-corrected chi connectivity index (χ1v) is 8.13. The molecule has 0 saturated carbocycles. The number of nitriles is 1. The molecular weight excluding hydrogens is 313 g/mol. The van der Waals surface area contributed by atoms with Crippen molar-refractivity contribution in [3.05, 3.63) is 54.1 Å². The summed E-state index contributed by atoms with van der Waals surface area (Å²) >= 11 is -0.0475. The summed E-state index contributed by atoms with van der Waals surface area (Å²) in [7, 11) is 0. The van der Waals surface area contributed by atoms with Crippen LogP contribution < -0.4 is 15.0 Å². The molecule has 0 unspecified atom stereocenters. The van der Waals surface area contributed by atoms with Crippen LogP contribution in [0.15, 0.2) is 48.5 Å². The van der Waals surface area contributed by atoms with Gasteiger partial charge in [0.05, 0.1) is 0 Å². The standard InChI is InChI=1S/C15H12AsN3O/c1-16-12-5-7-13(8-6-12)18-15(20)19-14-4-2-3-11(9-14)10-17/h2-9H,1H2,(H2,18,19,20). The second kappa shape index (κ2) is 6.70. The molecule has 20 heavy (non-hydrogen) atoms. The Bertz CT molecular complexity index is 674. The molecular formula is C15H12AsN3O. The number of benzene rings is 2. The zero-order valence-corrected chi connectivity index (χ0v) is 12.5. The topological polar surface area (TPSA) is 64.9 Å². The van der Waals surface area contributed by atoms with Crippen molar-refractivity contribution >= 4 is 42.4 Å². The molecule has 0 atom stereocenters. The predicted octanol–water partition coefficient (Wildman–Crippen LogP) is 1.96. The SMILES string of the molecule is C=[As]c1ccc(NC(=O)Nc2cccc(C#N)c2)cc1. The van der Waals surface area contributed by atoms with Gasteiger partial charge >= 0.3 is 123 Å². The van der Waals surface area contributed by atoms with Gasteiger partial charge in [0.25, 0.3) is 0 Å². The van der Waals surface area contributed by atoms with Crippen LogP contribution in [0.1, 0.15) is 5.56 Å². The van der Waals surface area contributed by atoms with Gasteiger partial charge < -0.3 is 0 Å². The van der Waals surface area contributed by atoms with Gasteiger partial charge in [-0.05, 0) is 0 Å². The summed E-state index contributed by atoms with van der Waals surface area (Å²) in [5, 5.41) is 18.1. The summed E-state index contributed by atoms with van der Waals surface area (Å²) < 4.78 is 1.20. The van der Waals surface area contributed by atoms with E-state index in [1.54, 1.807) is 24.3 Å². The van der Waals surface area contributed by atoms with E-state index in [2.05, 4.69) is 15.9 Å². The fourth-order valence-corrected chi connectivity index (χ4v) is 2.37. The van der Waals surface area contributed by atoms with E-state index in [9.17, 15) is 4.79 Å². The van der Waals surface area contributed by atoms with E-state index in [0.717, 1.165) is 5.69 Å². The van der Waals surface area contributed by atoms with E-state index in [0.29, 0.717) is 11.3 Å². The molecule has 0 aliphatic carbocycles. The normalized spacial score (nSPS) is 9.75. The zero-order valence-electron chi connectivity index (χ0n) is 10.6. The molecule has 0 aromatic heterocycles. The van der Waals surface area contributed by atoms with Crippen molar-refractivity contribution in [3.63, 3.8) is 0 Å². The maximum atomic E-state index is 11.8. The molecule has 2 N–H and O–H groups in total. The summed E-state index contributed by atoms with van der Waals surface area (Å²) in [5.41, 5.74) is 1.81. The Balaban J connectivity index is 2.01. The van der Waals surface area contributed by atoms with Gasteiger partial charge in [-0.25, -0.2) is 0 Å². The van der Waals surface area contributed by atoms with Gasteiger partial charge in [0.2, 0.25) is 0 Å². The van der Waals surface area contributed by atoms with Crippen molar-refractivity contribution in [2.24, 2.45) is 0 Å². The molecule has 98 valence electrons. The number of rotatable bonds is 3. The van der Waals surface area contributed by atoms with Crippen molar-refractivity contribution in [1.82, 2.24) is 0 Å². The van der Waals surface area contributed by atoms with Crippen LogP contribution in [0.2, 0.25) is 0 Å². The summed E-state index contributed by atoms with van der Waals surface area (Å²) in [6.07, 6.45) is 0. The Labute approximate surface area is 123 Å². The van der Waals surface area contributed by atoms with Crippen molar-refractivity contribution in [2.45, 2.75) is 0 Å². The van der Waals surface area contributed by atoms with Gasteiger partial charge in [-0.3, -0.25) is 0 Å². The molecule has 2 aromatic rings. The van der Waals surface area contributed by atoms with Gasteiger partial charge in [-0.2, -0.15) is 0 Å². The number of carbonyl (C=O) groups excluding carboxylic acids is 1. The predicted molar refractivity (Wildman–Crippen MR) is 82.7 cm³/mol. The number of urea groups is 1. The molecule has 2 rings (SSSR count). The van der Waals surface area contributed by atoms with Crippen molar-refractivity contribution in [2.75, 3.05) is 10.6 Å². The summed E-state index contributed by atoms with van der Waals surface area (Å²) in [4.78, 5) is 11.8. The number of amides is 2. The third kappa shape index (κ3) is 3.81. The third-order valence-electron chi connectivity index (χ3n) is 2.56. The van der Waals surface area contributed by atoms with E-state index in [4.69, 9.17) is 5.26 Å². The molecule has 0 heterocycles. The minimum absolute atomic E-state index is 0.0475. The van der Waals surface area contributed by atoms with Gasteiger partial charge in [-0.1, -0.05) is 0 Å². The van der Waals surface area contributed by atoms with Gasteiger partial charge in [0.1, 0.15) is 0 Å². The van der Waals surface area contributed by atoms with E-state index in [-0.39, 0.29) is 21.3 Å². The molecule has 2 aromatic carbocycles. The molecule has 0 aliphatic rings. The molecule has 0 saturated heterocycles. The maximum absolute atomic E-state index is 11.8. The number of hydrogen-bond acceptors (Lipinski definition) is 2. The molecule has 0 spiro atoms. The van der Waals surface area contributed by atoms with E-state index < -0.39 is 0 Å². The van der Waals surface area contributed by atoms with Crippen LogP contribution in [0.25, 0.3) is 0 Å². The van der Waals surface area contributed by atoms with Crippen molar-refractivity contribution < 1.29 is 4.79 Å². The molecule has 0 aliphatic heterocycles. The average molecular weight is 325 g/mol. The second-order valence-electron chi connectivity index (χ2n) is 3.98. The minimum atomic E-state index is -0.337. The first-order valence-electron chi connectivity index (χ1n) is 5.86. The number of nitrogens with one attached hydrogen (secondary N) is 2. The zero-order chi connectivity index (χ0) is 14.4. The first-order chi connectivity index (χ1) is 9.71. The van der Waals surface area contributed by atoms with Crippen LogP contribution in [-0.2, 0) is 0 Å². The Morgan fingerprint density at radius 2 is 1.80 bits per heavy atom. The Hall–Kier alpha value is -2.37. The van der Waals surface area contributed by atoms with Crippen LogP contribution in [0.4, 0.5) is 16.2 Å². The fourth-order valence-electron chi connectivity index (χ4n) is 1.61. The van der Waals surface area contributed by atoms with Gasteiger partial charge in [0.15, 0.2) is 0 Å². The van der Waals surface area contributed by atoms with Crippen molar-refractivity contribution in [1.29, 1.82) is 5.26 Å². The number of nitrogens with zero attached hydrogens (tertiary/aromatic N) is 1. The summed E-state index contributed by atoms with van der Waals surface area (Å²) in [6, 6.07) is 16.1. The van der Waals surface area contributed by atoms with Crippen LogP contribution in [0.3, 0.4) is 0 Å². The summed E-state index contributed by atoms with van der Waals surface area (Å²) in [5.74, 6) is 0. The Kier molecular flexibility index (Phi) is 4.70. The molecule has 4 nitrogen and oxygen atoms in total. The Morgan fingerprint density at radius 3 is 2.45 bits per heavy atom. The quantitative estimate of drug-likeness (QED) is 0.848. The van der Waals surface area contributed by atoms with E-state index in [1.807, 2.05) is 30.3 Å². The van der Waals surface area contributed by atoms with Gasteiger partial charge in [-0.15, -0.1) is 0 Å². The average Bonchev–Trinajstić information content (AvgIpc) is 2.48. The fraction of sp³-hybridized carbons (Fsp3) is 0. The van der Waals surface area contributed by atoms with Crippen LogP contribution in [-0.4, -0.2) is 26.7 Å². The molecule has 2 amide bonds. The van der Waals surface area contributed by atoms with Crippen molar-refractivity contribution in [3.8, 4) is 6.07 Å². The van der Waals surface area contributed by atoms with Crippen LogP contribution in [0.5, 0.6) is 0 Å². The van der Waals surface area contributed by atoms with Gasteiger partial charge in [0, 0.05) is 0 Å². The number of anilines is 2. The number of hydrogen-bond donors (Lipinski definition) is 2. The first kappa shape index (κ1) is 14.0. The number of carbonyl (C=O) groups is 1.